The molecule has 8 nitrogen and oxygen atoms in total. The number of ether oxygens (including phenoxy) is 2. The first-order valence-corrected chi connectivity index (χ1v) is 8.75. The molecule has 1 spiro atoms. The zero-order valence-electron chi connectivity index (χ0n) is 14.1. The Kier molecular flexibility index (Phi) is 4.17. The number of hydrogen-bond acceptors (Lipinski definition) is 7. The van der Waals surface area contributed by atoms with Crippen LogP contribution in [0.15, 0.2) is 4.42 Å². The number of aromatic nitrogens is 2. The van der Waals surface area contributed by atoms with Crippen LogP contribution in [0.2, 0.25) is 0 Å². The van der Waals surface area contributed by atoms with Crippen molar-refractivity contribution in [2.75, 3.05) is 44.3 Å². The summed E-state index contributed by atoms with van der Waals surface area (Å²) in [5, 5.41) is 8.03. The minimum Gasteiger partial charge on any atom is -0.408 e. The van der Waals surface area contributed by atoms with E-state index in [0.29, 0.717) is 44.8 Å². The van der Waals surface area contributed by atoms with E-state index in [-0.39, 0.29) is 17.6 Å². The van der Waals surface area contributed by atoms with Crippen molar-refractivity contribution >= 4 is 11.9 Å². The molecule has 132 valence electrons. The average Bonchev–Trinajstić information content (AvgIpc) is 3.26. The summed E-state index contributed by atoms with van der Waals surface area (Å²) in [7, 11) is 0. The number of nitrogens with zero attached hydrogens (tertiary/aromatic N) is 4. The lowest BCUT2D eigenvalue weighted by Gasteiger charge is -2.47. The number of aryl methyl sites for hydroxylation is 1. The highest BCUT2D eigenvalue weighted by atomic mass is 16.5. The SMILES string of the molecule is Cc1nnc(N2CCC[C@@]3(CN(C(=O)[C@H]4CCCO4)CCO3)C2)o1. The van der Waals surface area contributed by atoms with E-state index in [1.807, 2.05) is 4.90 Å². The first-order valence-electron chi connectivity index (χ1n) is 8.75. The minimum absolute atomic E-state index is 0.112. The predicted octanol–water partition coefficient (Wildman–Crippen LogP) is 0.755. The monoisotopic (exact) mass is 336 g/mol. The van der Waals surface area contributed by atoms with Gasteiger partial charge in [-0.1, -0.05) is 5.10 Å². The highest BCUT2D eigenvalue weighted by Crippen LogP contribution is 2.32. The molecule has 3 saturated heterocycles. The standard InChI is InChI=1S/C16H24N4O4/c1-12-17-18-15(24-12)20-6-3-5-16(11-20)10-19(7-9-23-16)14(21)13-4-2-8-22-13/h13H,2-11H2,1H3/t13-,16-/m1/s1. The molecule has 3 aliphatic rings. The lowest BCUT2D eigenvalue weighted by Crippen LogP contribution is -2.61. The number of anilines is 1. The van der Waals surface area contributed by atoms with E-state index < -0.39 is 0 Å². The van der Waals surface area contributed by atoms with Gasteiger partial charge in [-0.25, -0.2) is 0 Å². The van der Waals surface area contributed by atoms with Gasteiger partial charge in [0.15, 0.2) is 0 Å². The first-order chi connectivity index (χ1) is 11.7. The smallest absolute Gasteiger partial charge is 0.318 e. The summed E-state index contributed by atoms with van der Waals surface area (Å²) in [5.41, 5.74) is -0.354. The van der Waals surface area contributed by atoms with Crippen LogP contribution < -0.4 is 4.90 Å². The van der Waals surface area contributed by atoms with E-state index in [4.69, 9.17) is 13.9 Å². The van der Waals surface area contributed by atoms with Crippen LogP contribution in [0, 0.1) is 6.92 Å². The Morgan fingerprint density at radius 2 is 2.12 bits per heavy atom. The maximum Gasteiger partial charge on any atom is 0.318 e. The summed E-state index contributed by atoms with van der Waals surface area (Å²) in [5.74, 6) is 0.672. The fourth-order valence-corrected chi connectivity index (χ4v) is 3.93. The van der Waals surface area contributed by atoms with Crippen molar-refractivity contribution in [3.05, 3.63) is 5.89 Å². The number of carbonyl (C=O) groups is 1. The molecule has 2 atom stereocenters. The highest BCUT2D eigenvalue weighted by molar-refractivity contribution is 5.81. The third-order valence-electron chi connectivity index (χ3n) is 5.09. The summed E-state index contributed by atoms with van der Waals surface area (Å²) in [6.07, 6.45) is 3.45. The van der Waals surface area contributed by atoms with Gasteiger partial charge in [-0.15, -0.1) is 5.10 Å². The van der Waals surface area contributed by atoms with Gasteiger partial charge in [0.05, 0.1) is 19.7 Å². The number of amides is 1. The Morgan fingerprint density at radius 3 is 2.88 bits per heavy atom. The summed E-state index contributed by atoms with van der Waals surface area (Å²) < 4.78 is 17.3. The second-order valence-corrected chi connectivity index (χ2v) is 6.92. The molecule has 0 aliphatic carbocycles. The van der Waals surface area contributed by atoms with Crippen molar-refractivity contribution < 1.29 is 18.7 Å². The lowest BCUT2D eigenvalue weighted by molar-refractivity contribution is -0.160. The van der Waals surface area contributed by atoms with E-state index >= 15 is 0 Å². The van der Waals surface area contributed by atoms with Crippen LogP contribution in [0.25, 0.3) is 0 Å². The molecular formula is C16H24N4O4. The van der Waals surface area contributed by atoms with Crippen LogP contribution in [0.5, 0.6) is 0 Å². The van der Waals surface area contributed by atoms with Crippen LogP contribution in [0.1, 0.15) is 31.6 Å². The molecule has 3 aliphatic heterocycles. The maximum absolute atomic E-state index is 12.7. The minimum atomic E-state index is -0.354. The first kappa shape index (κ1) is 15.8. The normalized spacial score (nSPS) is 31.0. The van der Waals surface area contributed by atoms with E-state index in [0.717, 1.165) is 32.2 Å². The van der Waals surface area contributed by atoms with Crippen molar-refractivity contribution in [3.8, 4) is 0 Å². The molecule has 0 saturated carbocycles. The average molecular weight is 336 g/mol. The van der Waals surface area contributed by atoms with Crippen LogP contribution in [0.4, 0.5) is 6.01 Å². The highest BCUT2D eigenvalue weighted by Gasteiger charge is 2.44. The molecule has 0 bridgehead atoms. The molecule has 24 heavy (non-hydrogen) atoms. The molecule has 0 radical (unpaired) electrons. The Labute approximate surface area is 141 Å². The van der Waals surface area contributed by atoms with Crippen molar-refractivity contribution in [1.29, 1.82) is 0 Å². The van der Waals surface area contributed by atoms with Gasteiger partial charge >= 0.3 is 6.01 Å². The van der Waals surface area contributed by atoms with Crippen LogP contribution >= 0.6 is 0 Å². The van der Waals surface area contributed by atoms with Crippen molar-refractivity contribution in [1.82, 2.24) is 15.1 Å². The van der Waals surface area contributed by atoms with E-state index in [2.05, 4.69) is 15.1 Å². The number of carbonyl (C=O) groups excluding carboxylic acids is 1. The third-order valence-corrected chi connectivity index (χ3v) is 5.09. The van der Waals surface area contributed by atoms with Gasteiger partial charge in [-0.2, -0.15) is 0 Å². The number of rotatable bonds is 2. The van der Waals surface area contributed by atoms with Crippen LogP contribution in [0.3, 0.4) is 0 Å². The van der Waals surface area contributed by atoms with Crippen molar-refractivity contribution in [2.45, 2.75) is 44.3 Å². The predicted molar refractivity (Wildman–Crippen MR) is 84.7 cm³/mol. The Morgan fingerprint density at radius 1 is 1.21 bits per heavy atom. The van der Waals surface area contributed by atoms with E-state index in [1.165, 1.54) is 0 Å². The molecular weight excluding hydrogens is 312 g/mol. The fourth-order valence-electron chi connectivity index (χ4n) is 3.93. The topological polar surface area (TPSA) is 80.9 Å². The Bertz CT molecular complexity index is 597. The molecule has 0 unspecified atom stereocenters. The van der Waals surface area contributed by atoms with Gasteiger partial charge in [0, 0.05) is 26.6 Å². The third kappa shape index (κ3) is 3.00. The van der Waals surface area contributed by atoms with E-state index in [1.54, 1.807) is 6.92 Å². The largest absolute Gasteiger partial charge is 0.408 e. The van der Waals surface area contributed by atoms with Gasteiger partial charge in [0.25, 0.3) is 5.91 Å². The van der Waals surface area contributed by atoms with Gasteiger partial charge < -0.3 is 23.7 Å². The number of morpholine rings is 1. The molecule has 3 fully saturated rings. The van der Waals surface area contributed by atoms with E-state index in [9.17, 15) is 4.79 Å². The second kappa shape index (κ2) is 6.33. The summed E-state index contributed by atoms with van der Waals surface area (Å²) in [4.78, 5) is 16.7. The van der Waals surface area contributed by atoms with Gasteiger partial charge in [0.2, 0.25) is 5.89 Å². The molecule has 4 heterocycles. The molecule has 1 aromatic rings. The second-order valence-electron chi connectivity index (χ2n) is 6.92. The number of piperidine rings is 1. The molecule has 1 aromatic heterocycles. The Balaban J connectivity index is 1.46. The van der Waals surface area contributed by atoms with Gasteiger partial charge in [0.1, 0.15) is 11.7 Å². The molecule has 0 N–H and O–H groups in total. The molecule has 0 aromatic carbocycles. The lowest BCUT2D eigenvalue weighted by atomic mass is 9.90. The molecule has 1 amide bonds. The molecule has 8 heteroatoms. The zero-order chi connectivity index (χ0) is 16.6. The quantitative estimate of drug-likeness (QED) is 0.788. The summed E-state index contributed by atoms with van der Waals surface area (Å²) in [6.45, 7) is 5.83. The summed E-state index contributed by atoms with van der Waals surface area (Å²) in [6, 6.07) is 0.540. The Hall–Kier alpha value is -1.67. The molecule has 4 rings (SSSR count). The van der Waals surface area contributed by atoms with Crippen molar-refractivity contribution in [2.24, 2.45) is 0 Å². The zero-order valence-corrected chi connectivity index (χ0v) is 14.1. The van der Waals surface area contributed by atoms with Crippen LogP contribution in [-0.2, 0) is 14.3 Å². The summed E-state index contributed by atoms with van der Waals surface area (Å²) >= 11 is 0. The van der Waals surface area contributed by atoms with Crippen molar-refractivity contribution in [3.63, 3.8) is 0 Å². The fraction of sp³-hybridized carbons (Fsp3) is 0.812. The number of hydrogen-bond donors (Lipinski definition) is 0. The van der Waals surface area contributed by atoms with Gasteiger partial charge in [-0.3, -0.25) is 4.79 Å². The maximum atomic E-state index is 12.7. The van der Waals surface area contributed by atoms with Gasteiger partial charge in [-0.05, 0) is 25.7 Å². The van der Waals surface area contributed by atoms with Crippen LogP contribution in [-0.4, -0.2) is 72.1 Å².